The third-order valence-corrected chi connectivity index (χ3v) is 27.3. The summed E-state index contributed by atoms with van der Waals surface area (Å²) in [6.07, 6.45) is 1.26. The topological polar surface area (TPSA) is 103 Å². The standard InChI is InChI=1S/C12H24O4Si4.C5H12O2SSi.N2.U.V/c1-9-17(5)13-18(6,10-2)15-20(8,12-4)16-19(7,11-3)14-17;1-6-9(7-2)5-3-4-8-9;1-2;;/h9-12H,1-4H2,5-8H3;3-5H2,1-2H3;;;. The Hall–Kier alpha value is 1.21. The van der Waals surface area contributed by atoms with Gasteiger partial charge in [0.05, 0.1) is 0 Å². The molecule has 8 nitrogen and oxygen atoms in total. The number of hydrogen-bond donors (Lipinski definition) is 0. The number of hydrogen-bond acceptors (Lipinski definition) is 9. The van der Waals surface area contributed by atoms with E-state index in [2.05, 4.69) is 26.3 Å². The SMILES string of the molecule is C=C[Si]1(C)O[Si](C)(C=C)O[Si](C)(C=C)O[Si](C)(C=C)O1.CO[Si]1(OC)CCCS1.N#N.[U].[V]. The van der Waals surface area contributed by atoms with Crippen LogP contribution < -0.4 is 0 Å². The van der Waals surface area contributed by atoms with Gasteiger partial charge in [-0.3, -0.25) is 0 Å². The van der Waals surface area contributed by atoms with Crippen molar-refractivity contribution in [2.75, 3.05) is 20.0 Å². The van der Waals surface area contributed by atoms with Gasteiger partial charge in [-0.25, -0.2) is 0 Å². The van der Waals surface area contributed by atoms with Crippen molar-refractivity contribution in [2.45, 2.75) is 38.7 Å². The molecular weight excluding hydrogens is 790 g/mol. The molecule has 0 aromatic rings. The van der Waals surface area contributed by atoms with Crippen LogP contribution in [-0.4, -0.2) is 61.9 Å². The van der Waals surface area contributed by atoms with E-state index in [9.17, 15) is 0 Å². The molecule has 2 saturated heterocycles. The fraction of sp³-hybridized carbons (Fsp3) is 0.529. The minimum Gasteiger partial charge on any atom is -0.410 e. The Kier molecular flexibility index (Phi) is 19.8. The van der Waals surface area contributed by atoms with Crippen molar-refractivity contribution >= 4 is 53.2 Å². The molecule has 0 amide bonds. The fourth-order valence-electron chi connectivity index (χ4n) is 3.02. The molecule has 0 aliphatic carbocycles. The first-order valence-corrected chi connectivity index (χ1v) is 23.0. The van der Waals surface area contributed by atoms with Gasteiger partial charge in [-0.1, -0.05) is 22.8 Å². The van der Waals surface area contributed by atoms with Gasteiger partial charge in [0.15, 0.2) is 0 Å². The Balaban J connectivity index is -0.000000584. The van der Waals surface area contributed by atoms with Gasteiger partial charge in [-0.05, 0) is 38.4 Å². The largest absolute Gasteiger partial charge is 0.410 e. The molecule has 0 atom stereocenters. The second kappa shape index (κ2) is 16.9. The second-order valence-electron chi connectivity index (χ2n) is 7.33. The van der Waals surface area contributed by atoms with E-state index in [1.54, 1.807) is 37.0 Å². The quantitative estimate of drug-likeness (QED) is 0.280. The molecule has 0 N–H and O–H groups in total. The molecule has 2 heterocycles. The minimum atomic E-state index is -2.60. The third-order valence-electron chi connectivity index (χ3n) is 4.68. The summed E-state index contributed by atoms with van der Waals surface area (Å²) in [7, 11) is -8.54. The van der Waals surface area contributed by atoms with Gasteiger partial charge < -0.3 is 25.3 Å². The first-order chi connectivity index (χ1) is 14.4. The van der Waals surface area contributed by atoms with Gasteiger partial charge in [-0.2, -0.15) is 0 Å². The molecule has 0 bridgehead atoms. The molecule has 2 aliphatic rings. The van der Waals surface area contributed by atoms with E-state index >= 15 is 0 Å². The first kappa shape index (κ1) is 38.7. The van der Waals surface area contributed by atoms with E-state index in [1.165, 1.54) is 12.2 Å². The van der Waals surface area contributed by atoms with Crippen LogP contribution in [0.3, 0.4) is 0 Å². The zero-order valence-electron chi connectivity index (χ0n) is 20.5. The summed E-state index contributed by atoms with van der Waals surface area (Å²) in [5.41, 5.74) is 7.01. The predicted molar refractivity (Wildman–Crippen MR) is 137 cm³/mol. The van der Waals surface area contributed by atoms with Crippen molar-refractivity contribution in [1.82, 2.24) is 0 Å². The van der Waals surface area contributed by atoms with E-state index in [-0.39, 0.29) is 49.7 Å². The van der Waals surface area contributed by atoms with Crippen LogP contribution in [0.1, 0.15) is 6.42 Å². The van der Waals surface area contributed by atoms with E-state index in [0.29, 0.717) is 0 Å². The Labute approximate surface area is 244 Å². The van der Waals surface area contributed by atoms with Gasteiger partial charge in [0, 0.05) is 80.7 Å². The zero-order chi connectivity index (χ0) is 24.4. The zero-order valence-corrected chi connectivity index (χ0v) is 31.8. The van der Waals surface area contributed by atoms with Crippen LogP contribution in [0.2, 0.25) is 32.2 Å². The van der Waals surface area contributed by atoms with Crippen molar-refractivity contribution in [3.8, 4) is 0 Å². The average molecular weight is 826 g/mol. The fourth-order valence-corrected chi connectivity index (χ4v) is 26.1. The summed E-state index contributed by atoms with van der Waals surface area (Å²) in [5.74, 6) is 1.22. The Morgan fingerprint density at radius 3 is 1.12 bits per heavy atom. The molecule has 0 aromatic heterocycles. The van der Waals surface area contributed by atoms with Gasteiger partial charge in [0.2, 0.25) is 0 Å². The average Bonchev–Trinajstić information content (AvgIpc) is 3.24. The first-order valence-electron chi connectivity index (χ1n) is 9.69. The van der Waals surface area contributed by atoms with Crippen LogP contribution >= 0.6 is 11.2 Å². The molecule has 185 valence electrons. The molecule has 2 rings (SSSR count). The summed E-state index contributed by atoms with van der Waals surface area (Å²) < 4.78 is 35.7. The van der Waals surface area contributed by atoms with Crippen molar-refractivity contribution < 1.29 is 75.0 Å². The Bertz CT molecular complexity index is 581. The molecular formula is C17H36N2O6SSi5UV. The Morgan fingerprint density at radius 1 is 0.727 bits per heavy atom. The van der Waals surface area contributed by atoms with Gasteiger partial charge in [0.25, 0.3) is 0 Å². The number of nitrogens with zero attached hydrogens (tertiary/aromatic N) is 2. The molecule has 33 heavy (non-hydrogen) atoms. The third kappa shape index (κ3) is 11.9. The smallest absolute Gasteiger partial charge is 0.405 e. The summed E-state index contributed by atoms with van der Waals surface area (Å²) in [6, 6.07) is 1.16. The summed E-state index contributed by atoms with van der Waals surface area (Å²) >= 11 is 1.88. The van der Waals surface area contributed by atoms with Crippen LogP contribution in [-0.2, 0) is 43.9 Å². The van der Waals surface area contributed by atoms with E-state index < -0.39 is 42.0 Å². The van der Waals surface area contributed by atoms with Gasteiger partial charge in [-0.15, -0.1) is 37.5 Å². The normalized spacial score (nSPS) is 34.5. The molecule has 0 spiro atoms. The maximum Gasteiger partial charge on any atom is 0.405 e. The van der Waals surface area contributed by atoms with E-state index in [0.717, 1.165) is 6.04 Å². The van der Waals surface area contributed by atoms with Crippen molar-refractivity contribution in [2.24, 2.45) is 0 Å². The van der Waals surface area contributed by atoms with Crippen LogP contribution in [0.15, 0.2) is 49.1 Å². The molecule has 0 saturated carbocycles. The van der Waals surface area contributed by atoms with Crippen molar-refractivity contribution in [3.05, 3.63) is 49.1 Å². The second-order valence-corrected chi connectivity index (χ2v) is 26.5. The minimum absolute atomic E-state index is 0. The van der Waals surface area contributed by atoms with Crippen LogP contribution in [0.4, 0.5) is 0 Å². The maximum absolute atomic E-state index is 6.25. The molecule has 0 aromatic carbocycles. The van der Waals surface area contributed by atoms with Crippen LogP contribution in [0, 0.1) is 41.9 Å². The van der Waals surface area contributed by atoms with Crippen molar-refractivity contribution in [3.63, 3.8) is 0 Å². The summed E-state index contributed by atoms with van der Waals surface area (Å²) in [6.45, 7) is 23.2. The van der Waals surface area contributed by atoms with Gasteiger partial charge in [0.1, 0.15) is 0 Å². The Morgan fingerprint density at radius 2 is 1.00 bits per heavy atom. The molecule has 1 radical (unpaired) electrons. The van der Waals surface area contributed by atoms with Crippen molar-refractivity contribution in [1.29, 1.82) is 10.8 Å². The van der Waals surface area contributed by atoms with E-state index in [4.69, 9.17) is 36.1 Å². The predicted octanol–water partition coefficient (Wildman–Crippen LogP) is 4.64. The monoisotopic (exact) mass is 825 g/mol. The molecule has 2 fully saturated rings. The maximum atomic E-state index is 6.25. The summed E-state index contributed by atoms with van der Waals surface area (Å²) in [5, 5.41) is 12.0. The number of rotatable bonds is 6. The molecule has 2 aliphatic heterocycles. The summed E-state index contributed by atoms with van der Waals surface area (Å²) in [4.78, 5) is 0. The van der Waals surface area contributed by atoms with E-state index in [1.807, 2.05) is 37.4 Å². The molecule has 16 heteroatoms. The van der Waals surface area contributed by atoms with Crippen LogP contribution in [0.5, 0.6) is 0 Å². The van der Waals surface area contributed by atoms with Gasteiger partial charge >= 0.3 is 42.0 Å². The molecule has 0 unspecified atom stereocenters. The van der Waals surface area contributed by atoms with Crippen LogP contribution in [0.25, 0.3) is 0 Å².